The van der Waals surface area contributed by atoms with Crippen LogP contribution in [0.1, 0.15) is 26.2 Å². The molecule has 1 fully saturated rings. The van der Waals surface area contributed by atoms with Crippen molar-refractivity contribution < 1.29 is 8.78 Å². The number of aromatic nitrogens is 1. The van der Waals surface area contributed by atoms with Crippen molar-refractivity contribution in [3.05, 3.63) is 17.7 Å². The van der Waals surface area contributed by atoms with Gasteiger partial charge in [0.15, 0.2) is 23.3 Å². The molecule has 0 radical (unpaired) electrons. The van der Waals surface area contributed by atoms with E-state index in [1.165, 1.54) is 0 Å². The van der Waals surface area contributed by atoms with Crippen LogP contribution in [0.3, 0.4) is 0 Å². The molecule has 1 aromatic rings. The second-order valence-electron chi connectivity index (χ2n) is 4.39. The highest BCUT2D eigenvalue weighted by Gasteiger charge is 2.40. The summed E-state index contributed by atoms with van der Waals surface area (Å²) in [6.45, 7) is 2.77. The summed E-state index contributed by atoms with van der Waals surface area (Å²) in [4.78, 5) is 3.65. The Morgan fingerprint density at radius 1 is 1.44 bits per heavy atom. The van der Waals surface area contributed by atoms with Gasteiger partial charge in [0.1, 0.15) is 0 Å². The van der Waals surface area contributed by atoms with Crippen molar-refractivity contribution in [2.75, 3.05) is 17.6 Å². The average molecular weight is 227 g/mol. The van der Waals surface area contributed by atoms with Crippen LogP contribution in [-0.4, -0.2) is 11.5 Å². The van der Waals surface area contributed by atoms with Gasteiger partial charge in [0, 0.05) is 12.6 Å². The number of nitrogens with zero attached hydrogens (tertiary/aromatic N) is 1. The molecule has 3 N–H and O–H groups in total. The van der Waals surface area contributed by atoms with E-state index in [-0.39, 0.29) is 17.1 Å². The van der Waals surface area contributed by atoms with E-state index in [9.17, 15) is 8.78 Å². The van der Waals surface area contributed by atoms with Crippen LogP contribution in [0.4, 0.5) is 20.4 Å². The van der Waals surface area contributed by atoms with Crippen molar-refractivity contribution in [3.8, 4) is 0 Å². The lowest BCUT2D eigenvalue weighted by atomic mass is 10.0. The van der Waals surface area contributed by atoms with Crippen LogP contribution in [0.25, 0.3) is 0 Å². The third-order valence-electron chi connectivity index (χ3n) is 3.29. The number of pyridine rings is 1. The minimum Gasteiger partial charge on any atom is -0.381 e. The highest BCUT2D eigenvalue weighted by molar-refractivity contribution is 5.45. The summed E-state index contributed by atoms with van der Waals surface area (Å²) in [5.41, 5.74) is 5.56. The molecule has 1 heterocycles. The zero-order chi connectivity index (χ0) is 11.8. The van der Waals surface area contributed by atoms with Crippen molar-refractivity contribution in [2.45, 2.75) is 26.2 Å². The fourth-order valence-corrected chi connectivity index (χ4v) is 1.71. The molecular formula is C11H15F2N3. The second-order valence-corrected chi connectivity index (χ2v) is 4.39. The van der Waals surface area contributed by atoms with E-state index in [1.807, 2.05) is 0 Å². The minimum absolute atomic E-state index is 0.0404. The number of halogens is 2. The molecule has 1 aromatic heterocycles. The smallest absolute Gasteiger partial charge is 0.168 e. The Kier molecular flexibility index (Phi) is 2.69. The van der Waals surface area contributed by atoms with Crippen LogP contribution in [0.5, 0.6) is 0 Å². The molecule has 1 aliphatic rings. The van der Waals surface area contributed by atoms with Gasteiger partial charge in [-0.25, -0.2) is 13.8 Å². The molecule has 0 aromatic carbocycles. The van der Waals surface area contributed by atoms with Crippen molar-refractivity contribution >= 4 is 11.6 Å². The topological polar surface area (TPSA) is 50.9 Å². The summed E-state index contributed by atoms with van der Waals surface area (Å²) in [6.07, 6.45) is 3.35. The highest BCUT2D eigenvalue weighted by Crippen LogP contribution is 2.48. The molecule has 0 atom stereocenters. The Balaban J connectivity index is 2.07. The van der Waals surface area contributed by atoms with Gasteiger partial charge >= 0.3 is 0 Å². The first-order valence-electron chi connectivity index (χ1n) is 5.42. The molecule has 1 saturated carbocycles. The number of nitrogens with two attached hydrogens (primary N) is 1. The van der Waals surface area contributed by atoms with Gasteiger partial charge in [-0.15, -0.1) is 0 Å². The van der Waals surface area contributed by atoms with Crippen LogP contribution < -0.4 is 11.1 Å². The van der Waals surface area contributed by atoms with Gasteiger partial charge in [-0.2, -0.15) is 0 Å². The van der Waals surface area contributed by atoms with E-state index in [1.54, 1.807) is 0 Å². The van der Waals surface area contributed by atoms with Gasteiger partial charge in [-0.1, -0.05) is 6.92 Å². The average Bonchev–Trinajstić information content (AvgIpc) is 3.02. The number of nitrogens with one attached hydrogen (secondary N) is 1. The van der Waals surface area contributed by atoms with Crippen molar-refractivity contribution in [3.63, 3.8) is 0 Å². The van der Waals surface area contributed by atoms with Crippen LogP contribution in [0.15, 0.2) is 6.07 Å². The first kappa shape index (κ1) is 11.1. The number of anilines is 2. The summed E-state index contributed by atoms with van der Waals surface area (Å²) in [5, 5.41) is 2.90. The van der Waals surface area contributed by atoms with E-state index < -0.39 is 11.6 Å². The molecule has 0 saturated heterocycles. The van der Waals surface area contributed by atoms with Gasteiger partial charge in [0.2, 0.25) is 0 Å². The molecule has 0 unspecified atom stereocenters. The summed E-state index contributed by atoms with van der Waals surface area (Å²) < 4.78 is 26.2. The molecule has 2 rings (SSSR count). The van der Waals surface area contributed by atoms with E-state index in [0.717, 1.165) is 25.3 Å². The first-order valence-corrected chi connectivity index (χ1v) is 5.42. The third kappa shape index (κ3) is 2.08. The largest absolute Gasteiger partial charge is 0.381 e. The van der Waals surface area contributed by atoms with Gasteiger partial charge in [-0.05, 0) is 24.7 Å². The molecule has 0 spiro atoms. The lowest BCUT2D eigenvalue weighted by Gasteiger charge is -2.14. The molecule has 1 aliphatic carbocycles. The number of nitrogen functional groups attached to an aromatic ring is 1. The summed E-state index contributed by atoms with van der Waals surface area (Å²) >= 11 is 0. The third-order valence-corrected chi connectivity index (χ3v) is 3.29. The molecule has 3 nitrogen and oxygen atoms in total. The van der Waals surface area contributed by atoms with Crippen LogP contribution in [0, 0.1) is 17.0 Å². The SMILES string of the molecule is CCC1(CNc2nc(N)c(F)cc2F)CC1. The Bertz CT molecular complexity index is 402. The lowest BCUT2D eigenvalue weighted by molar-refractivity contribution is 0.516. The Labute approximate surface area is 93.1 Å². The Hall–Kier alpha value is -1.39. The second kappa shape index (κ2) is 3.88. The lowest BCUT2D eigenvalue weighted by Crippen LogP contribution is -2.16. The van der Waals surface area contributed by atoms with E-state index in [2.05, 4.69) is 17.2 Å². The van der Waals surface area contributed by atoms with Crippen molar-refractivity contribution in [2.24, 2.45) is 5.41 Å². The van der Waals surface area contributed by atoms with Crippen molar-refractivity contribution in [1.82, 2.24) is 4.98 Å². The van der Waals surface area contributed by atoms with E-state index in [4.69, 9.17) is 5.73 Å². The number of rotatable bonds is 4. The maximum absolute atomic E-state index is 13.3. The fraction of sp³-hybridized carbons (Fsp3) is 0.545. The zero-order valence-electron chi connectivity index (χ0n) is 9.19. The summed E-state index contributed by atoms with van der Waals surface area (Å²) in [5.74, 6) is -1.75. The first-order chi connectivity index (χ1) is 7.56. The van der Waals surface area contributed by atoms with E-state index in [0.29, 0.717) is 6.54 Å². The normalized spacial score (nSPS) is 17.2. The monoisotopic (exact) mass is 227 g/mol. The molecule has 16 heavy (non-hydrogen) atoms. The van der Waals surface area contributed by atoms with E-state index >= 15 is 0 Å². The van der Waals surface area contributed by atoms with Gasteiger partial charge in [-0.3, -0.25) is 0 Å². The predicted molar refractivity (Wildman–Crippen MR) is 59.0 cm³/mol. The minimum atomic E-state index is -0.820. The van der Waals surface area contributed by atoms with Gasteiger partial charge in [0.25, 0.3) is 0 Å². The molecule has 0 aliphatic heterocycles. The Morgan fingerprint density at radius 3 is 2.69 bits per heavy atom. The maximum atomic E-state index is 13.3. The van der Waals surface area contributed by atoms with Crippen molar-refractivity contribution in [1.29, 1.82) is 0 Å². The maximum Gasteiger partial charge on any atom is 0.168 e. The fourth-order valence-electron chi connectivity index (χ4n) is 1.71. The molecular weight excluding hydrogens is 212 g/mol. The quantitative estimate of drug-likeness (QED) is 0.831. The molecule has 0 bridgehead atoms. The summed E-state index contributed by atoms with van der Waals surface area (Å²) in [7, 11) is 0. The number of hydrogen-bond donors (Lipinski definition) is 2. The van der Waals surface area contributed by atoms with Gasteiger partial charge in [0.05, 0.1) is 0 Å². The highest BCUT2D eigenvalue weighted by atomic mass is 19.1. The molecule has 88 valence electrons. The molecule has 0 amide bonds. The molecule has 5 heteroatoms. The number of hydrogen-bond acceptors (Lipinski definition) is 3. The summed E-state index contributed by atoms with van der Waals surface area (Å²) in [6, 6.07) is 0.760. The van der Waals surface area contributed by atoms with Crippen LogP contribution in [0.2, 0.25) is 0 Å². The Morgan fingerprint density at radius 2 is 2.12 bits per heavy atom. The zero-order valence-corrected chi connectivity index (χ0v) is 9.19. The van der Waals surface area contributed by atoms with Crippen LogP contribution >= 0.6 is 0 Å². The predicted octanol–water partition coefficient (Wildman–Crippen LogP) is 2.54. The van der Waals surface area contributed by atoms with Gasteiger partial charge < -0.3 is 11.1 Å². The van der Waals surface area contributed by atoms with Crippen LogP contribution in [-0.2, 0) is 0 Å². The standard InChI is InChI=1S/C11H15F2N3/c1-2-11(3-4-11)6-15-10-8(13)5-7(12)9(14)16-10/h5H,2-4,6H2,1H3,(H3,14,15,16).